The maximum atomic E-state index is 11.5. The Morgan fingerprint density at radius 1 is 1.22 bits per heavy atom. The number of carbonyl (C=O) groups excluding carboxylic acids is 1. The van der Waals surface area contributed by atoms with E-state index in [2.05, 4.69) is 0 Å². The van der Waals surface area contributed by atoms with Crippen LogP contribution in [0, 0.1) is 6.92 Å². The monoisotopic (exact) mass is 243 g/mol. The number of hydrogen-bond donors (Lipinski definition) is 0. The third-order valence-corrected chi connectivity index (χ3v) is 2.75. The number of methoxy groups -OCH3 is 1. The van der Waals surface area contributed by atoms with Gasteiger partial charge in [-0.05, 0) is 31.2 Å². The van der Waals surface area contributed by atoms with E-state index in [0.717, 1.165) is 17.1 Å². The summed E-state index contributed by atoms with van der Waals surface area (Å²) in [7, 11) is 1.60. The topological polar surface area (TPSA) is 48.3 Å². The van der Waals surface area contributed by atoms with Crippen LogP contribution in [0.25, 0.3) is 5.69 Å². The Hall–Kier alpha value is -2.36. The number of carbonyl (C=O) groups is 1. The predicted octanol–water partition coefficient (Wildman–Crippen LogP) is 1.97. The number of ether oxygens (including phenoxy) is 1. The van der Waals surface area contributed by atoms with E-state index in [1.807, 2.05) is 31.2 Å². The molecule has 0 N–H and O–H groups in total. The summed E-state index contributed by atoms with van der Waals surface area (Å²) in [5.74, 6) is 0.757. The maximum Gasteiger partial charge on any atom is 0.192 e. The molecule has 0 spiro atoms. The van der Waals surface area contributed by atoms with E-state index in [-0.39, 0.29) is 11.0 Å². The summed E-state index contributed by atoms with van der Waals surface area (Å²) in [4.78, 5) is 22.3. The molecule has 18 heavy (non-hydrogen) atoms. The van der Waals surface area contributed by atoms with Crippen LogP contribution in [-0.2, 0) is 0 Å². The largest absolute Gasteiger partial charge is 0.497 e. The van der Waals surface area contributed by atoms with Crippen molar-refractivity contribution in [2.45, 2.75) is 6.92 Å². The van der Waals surface area contributed by atoms with Crippen molar-refractivity contribution in [2.24, 2.45) is 0 Å². The van der Waals surface area contributed by atoms with E-state index in [0.29, 0.717) is 6.29 Å². The molecule has 0 atom stereocenters. The van der Waals surface area contributed by atoms with Crippen molar-refractivity contribution in [3.05, 3.63) is 58.0 Å². The second kappa shape index (κ2) is 4.87. The van der Waals surface area contributed by atoms with Crippen LogP contribution >= 0.6 is 0 Å². The van der Waals surface area contributed by atoms with Crippen LogP contribution in [0.3, 0.4) is 0 Å². The van der Waals surface area contributed by atoms with Gasteiger partial charge in [0.1, 0.15) is 5.75 Å². The Labute approximate surface area is 104 Å². The number of hydrogen-bond acceptors (Lipinski definition) is 3. The van der Waals surface area contributed by atoms with E-state index in [1.165, 1.54) is 6.07 Å². The van der Waals surface area contributed by atoms with Crippen LogP contribution in [0.4, 0.5) is 0 Å². The van der Waals surface area contributed by atoms with Gasteiger partial charge in [0.25, 0.3) is 0 Å². The molecule has 0 fully saturated rings. The fraction of sp³-hybridized carbons (Fsp3) is 0.143. The first-order valence-electron chi connectivity index (χ1n) is 5.48. The molecule has 2 rings (SSSR count). The first kappa shape index (κ1) is 12.1. The quantitative estimate of drug-likeness (QED) is 0.774. The van der Waals surface area contributed by atoms with Crippen molar-refractivity contribution in [3.63, 3.8) is 0 Å². The minimum atomic E-state index is -0.257. The Morgan fingerprint density at radius 3 is 2.44 bits per heavy atom. The van der Waals surface area contributed by atoms with Gasteiger partial charge in [-0.1, -0.05) is 0 Å². The van der Waals surface area contributed by atoms with Crippen LogP contribution in [0.2, 0.25) is 0 Å². The number of aryl methyl sites for hydroxylation is 1. The lowest BCUT2D eigenvalue weighted by molar-refractivity contribution is 0.112. The minimum Gasteiger partial charge on any atom is -0.497 e. The SMILES string of the molecule is COc1ccc(-n2cc(C=O)c(=O)cc2C)cc1. The lowest BCUT2D eigenvalue weighted by atomic mass is 10.2. The molecule has 1 aromatic carbocycles. The number of aromatic nitrogens is 1. The molecule has 1 heterocycles. The van der Waals surface area contributed by atoms with Crippen LogP contribution in [-0.4, -0.2) is 18.0 Å². The average molecular weight is 243 g/mol. The van der Waals surface area contributed by atoms with Crippen molar-refractivity contribution in [1.82, 2.24) is 4.57 Å². The normalized spacial score (nSPS) is 10.1. The average Bonchev–Trinajstić information content (AvgIpc) is 2.39. The van der Waals surface area contributed by atoms with Gasteiger partial charge in [-0.2, -0.15) is 0 Å². The molecule has 0 aliphatic heterocycles. The summed E-state index contributed by atoms with van der Waals surface area (Å²) in [5, 5.41) is 0. The molecule has 0 saturated heterocycles. The highest BCUT2D eigenvalue weighted by Gasteiger charge is 2.04. The molecule has 0 amide bonds. The zero-order valence-electron chi connectivity index (χ0n) is 10.2. The van der Waals surface area contributed by atoms with Gasteiger partial charge < -0.3 is 9.30 Å². The van der Waals surface area contributed by atoms with E-state index in [1.54, 1.807) is 17.9 Å². The Balaban J connectivity index is 2.55. The fourth-order valence-corrected chi connectivity index (χ4v) is 1.76. The van der Waals surface area contributed by atoms with Gasteiger partial charge >= 0.3 is 0 Å². The standard InChI is InChI=1S/C14H13NO3/c1-10-7-14(17)11(9-16)8-15(10)12-3-5-13(18-2)6-4-12/h3-9H,1-2H3. The lowest BCUT2D eigenvalue weighted by Gasteiger charge is -2.11. The molecular formula is C14H13NO3. The van der Waals surface area contributed by atoms with Gasteiger partial charge in [0.2, 0.25) is 0 Å². The molecule has 1 aromatic heterocycles. The predicted molar refractivity (Wildman–Crippen MR) is 68.7 cm³/mol. The summed E-state index contributed by atoms with van der Waals surface area (Å²) >= 11 is 0. The number of benzene rings is 1. The third kappa shape index (κ3) is 2.18. The van der Waals surface area contributed by atoms with Gasteiger partial charge in [-0.25, -0.2) is 0 Å². The van der Waals surface area contributed by atoms with Gasteiger partial charge in [0.15, 0.2) is 11.7 Å². The Bertz CT molecular complexity index is 626. The summed E-state index contributed by atoms with van der Waals surface area (Å²) < 4.78 is 6.88. The fourth-order valence-electron chi connectivity index (χ4n) is 1.76. The van der Waals surface area contributed by atoms with Crippen molar-refractivity contribution in [1.29, 1.82) is 0 Å². The second-order valence-corrected chi connectivity index (χ2v) is 3.92. The Morgan fingerprint density at radius 2 is 1.89 bits per heavy atom. The van der Waals surface area contributed by atoms with Crippen molar-refractivity contribution in [3.8, 4) is 11.4 Å². The van der Waals surface area contributed by atoms with Gasteiger partial charge in [-0.3, -0.25) is 9.59 Å². The Kier molecular flexibility index (Phi) is 3.28. The van der Waals surface area contributed by atoms with E-state index < -0.39 is 0 Å². The molecule has 4 nitrogen and oxygen atoms in total. The van der Waals surface area contributed by atoms with Crippen molar-refractivity contribution >= 4 is 6.29 Å². The van der Waals surface area contributed by atoms with E-state index in [4.69, 9.17) is 4.74 Å². The number of nitrogens with zero attached hydrogens (tertiary/aromatic N) is 1. The number of rotatable bonds is 3. The van der Waals surface area contributed by atoms with Gasteiger partial charge in [0.05, 0.1) is 12.7 Å². The highest BCUT2D eigenvalue weighted by atomic mass is 16.5. The maximum absolute atomic E-state index is 11.5. The summed E-state index contributed by atoms with van der Waals surface area (Å²) in [6.45, 7) is 1.82. The zero-order valence-corrected chi connectivity index (χ0v) is 10.2. The third-order valence-electron chi connectivity index (χ3n) is 2.75. The van der Waals surface area contributed by atoms with Crippen LogP contribution in [0.5, 0.6) is 5.75 Å². The van der Waals surface area contributed by atoms with Crippen LogP contribution in [0.15, 0.2) is 41.3 Å². The molecule has 2 aromatic rings. The number of pyridine rings is 1. The first-order valence-corrected chi connectivity index (χ1v) is 5.48. The van der Waals surface area contributed by atoms with Gasteiger partial charge in [0, 0.05) is 23.6 Å². The molecule has 92 valence electrons. The van der Waals surface area contributed by atoms with Crippen molar-refractivity contribution < 1.29 is 9.53 Å². The molecule has 4 heteroatoms. The molecule has 0 radical (unpaired) electrons. The summed E-state index contributed by atoms with van der Waals surface area (Å²) in [5.41, 5.74) is 1.54. The molecule has 0 saturated carbocycles. The summed E-state index contributed by atoms with van der Waals surface area (Å²) in [6, 6.07) is 8.84. The minimum absolute atomic E-state index is 0.149. The summed E-state index contributed by atoms with van der Waals surface area (Å²) in [6.07, 6.45) is 2.12. The molecule has 0 bridgehead atoms. The molecule has 0 aliphatic carbocycles. The van der Waals surface area contributed by atoms with E-state index in [9.17, 15) is 9.59 Å². The smallest absolute Gasteiger partial charge is 0.192 e. The molecular weight excluding hydrogens is 230 g/mol. The lowest BCUT2D eigenvalue weighted by Crippen LogP contribution is -2.13. The molecule has 0 unspecified atom stereocenters. The second-order valence-electron chi connectivity index (χ2n) is 3.92. The van der Waals surface area contributed by atoms with Crippen molar-refractivity contribution in [2.75, 3.05) is 7.11 Å². The van der Waals surface area contributed by atoms with Crippen LogP contribution in [0.1, 0.15) is 16.1 Å². The highest BCUT2D eigenvalue weighted by Crippen LogP contribution is 2.16. The van der Waals surface area contributed by atoms with E-state index >= 15 is 0 Å². The zero-order chi connectivity index (χ0) is 13.1. The van der Waals surface area contributed by atoms with Crippen LogP contribution < -0.4 is 10.2 Å². The molecule has 0 aliphatic rings. The first-order chi connectivity index (χ1) is 8.65. The highest BCUT2D eigenvalue weighted by molar-refractivity contribution is 5.74. The number of aldehydes is 1. The van der Waals surface area contributed by atoms with Gasteiger partial charge in [-0.15, -0.1) is 0 Å².